The number of fused-ring (bicyclic) bond motifs is 1. The van der Waals surface area contributed by atoms with Crippen molar-refractivity contribution in [1.82, 2.24) is 19.8 Å². The Labute approximate surface area is 261 Å². The van der Waals surface area contributed by atoms with E-state index in [1.807, 2.05) is 0 Å². The molecular weight excluding hydrogens is 614 g/mol. The summed E-state index contributed by atoms with van der Waals surface area (Å²) in [7, 11) is 1.54. The van der Waals surface area contributed by atoms with Crippen molar-refractivity contribution in [2.24, 2.45) is 0 Å². The number of carboxylic acid groups (broad SMARTS) is 1. The monoisotopic (exact) mass is 649 g/mol. The average Bonchev–Trinajstić information content (AvgIpc) is 2.94. The van der Waals surface area contributed by atoms with Crippen molar-refractivity contribution >= 4 is 34.6 Å². The van der Waals surface area contributed by atoms with Gasteiger partial charge in [-0.05, 0) is 76.1 Å². The minimum atomic E-state index is -4.77. The van der Waals surface area contributed by atoms with Gasteiger partial charge in [0.05, 0.1) is 22.5 Å². The van der Waals surface area contributed by atoms with E-state index in [0.717, 1.165) is 16.7 Å². The fourth-order valence-corrected chi connectivity index (χ4v) is 5.23. The average molecular weight is 650 g/mol. The second kappa shape index (κ2) is 13.0. The maximum atomic E-state index is 14.6. The van der Waals surface area contributed by atoms with Crippen LogP contribution in [0, 0.1) is 6.92 Å². The zero-order chi connectivity index (χ0) is 34.1. The number of carboxylic acids is 1. The van der Waals surface area contributed by atoms with Gasteiger partial charge in [-0.1, -0.05) is 0 Å². The standard InChI is InChI=1S/C31H35F4N5O6/c1-17-36-24-13-22(31(33,34)35)19(12-21(24)28(44)40(17)16-26(41)42)14-38(5)20-8-6-18(7-9-20)27(43)39-11-10-23(32)25(15-39)37-29(45)46-30(2,3)4/h6-9,12-13,23,25H,10-11,14-16H2,1-5H3,(H,37,45)(H,41,42)/t23-,25+/m1/s1. The number of amides is 2. The first kappa shape index (κ1) is 34.2. The van der Waals surface area contributed by atoms with E-state index in [4.69, 9.17) is 9.84 Å². The Morgan fingerprint density at radius 1 is 1.13 bits per heavy atom. The number of aliphatic carboxylic acids is 1. The van der Waals surface area contributed by atoms with Crippen LogP contribution in [0.25, 0.3) is 10.9 Å². The number of hydrogen-bond donors (Lipinski definition) is 2. The Morgan fingerprint density at radius 3 is 2.37 bits per heavy atom. The molecule has 3 aromatic rings. The number of nitrogens with zero attached hydrogens (tertiary/aromatic N) is 4. The van der Waals surface area contributed by atoms with Gasteiger partial charge in [0.15, 0.2) is 0 Å². The van der Waals surface area contributed by atoms with Crippen LogP contribution in [0.3, 0.4) is 0 Å². The third-order valence-electron chi connectivity index (χ3n) is 7.45. The molecule has 0 saturated carbocycles. The van der Waals surface area contributed by atoms with Gasteiger partial charge in [-0.3, -0.25) is 19.0 Å². The van der Waals surface area contributed by atoms with Gasteiger partial charge in [-0.25, -0.2) is 14.2 Å². The maximum Gasteiger partial charge on any atom is 0.416 e. The molecule has 0 unspecified atom stereocenters. The van der Waals surface area contributed by atoms with E-state index in [0.29, 0.717) is 5.69 Å². The fourth-order valence-electron chi connectivity index (χ4n) is 5.23. The van der Waals surface area contributed by atoms with Gasteiger partial charge in [0.25, 0.3) is 11.5 Å². The Hall–Kier alpha value is -4.69. The SMILES string of the molecule is Cc1nc2cc(C(F)(F)F)c(CN(C)c3ccc(C(=O)N4CC[C@@H](F)[C@@H](NC(=O)OC(C)(C)C)C4)cc3)cc2c(=O)n1CC(=O)O. The van der Waals surface area contributed by atoms with Crippen LogP contribution in [0.1, 0.15) is 54.5 Å². The lowest BCUT2D eigenvalue weighted by Crippen LogP contribution is -2.55. The molecule has 1 fully saturated rings. The van der Waals surface area contributed by atoms with E-state index >= 15 is 0 Å². The maximum absolute atomic E-state index is 14.6. The zero-order valence-corrected chi connectivity index (χ0v) is 25.9. The van der Waals surface area contributed by atoms with E-state index < -0.39 is 59.6 Å². The van der Waals surface area contributed by atoms with Crippen LogP contribution in [0.2, 0.25) is 0 Å². The lowest BCUT2D eigenvalue weighted by atomic mass is 10.0. The number of piperidine rings is 1. The summed E-state index contributed by atoms with van der Waals surface area (Å²) >= 11 is 0. The van der Waals surface area contributed by atoms with Gasteiger partial charge in [-0.15, -0.1) is 0 Å². The summed E-state index contributed by atoms with van der Waals surface area (Å²) in [5.41, 5.74) is -2.26. The number of aromatic nitrogens is 2. The van der Waals surface area contributed by atoms with Crippen molar-refractivity contribution in [1.29, 1.82) is 0 Å². The highest BCUT2D eigenvalue weighted by Crippen LogP contribution is 2.35. The Kier molecular flexibility index (Phi) is 9.64. The number of rotatable bonds is 7. The lowest BCUT2D eigenvalue weighted by Gasteiger charge is -2.35. The molecule has 0 bridgehead atoms. The van der Waals surface area contributed by atoms with Gasteiger partial charge >= 0.3 is 18.2 Å². The van der Waals surface area contributed by atoms with Crippen LogP contribution in [0.4, 0.5) is 28.0 Å². The molecule has 4 rings (SSSR count). The number of likely N-dealkylation sites (tertiary alicyclic amines) is 1. The molecule has 1 aliphatic heterocycles. The van der Waals surface area contributed by atoms with Gasteiger partial charge in [0.1, 0.15) is 24.1 Å². The molecule has 2 N–H and O–H groups in total. The Morgan fingerprint density at radius 2 is 1.78 bits per heavy atom. The molecule has 2 aromatic carbocycles. The molecule has 0 spiro atoms. The smallest absolute Gasteiger partial charge is 0.416 e. The Balaban J connectivity index is 1.54. The van der Waals surface area contributed by atoms with Crippen molar-refractivity contribution in [3.63, 3.8) is 0 Å². The minimum absolute atomic E-state index is 0.0107. The zero-order valence-electron chi connectivity index (χ0n) is 25.9. The number of halogens is 4. The van der Waals surface area contributed by atoms with Gasteiger partial charge in [-0.2, -0.15) is 13.2 Å². The topological polar surface area (TPSA) is 134 Å². The largest absolute Gasteiger partial charge is 0.480 e. The number of carbonyl (C=O) groups is 3. The third-order valence-corrected chi connectivity index (χ3v) is 7.45. The predicted octanol–water partition coefficient (Wildman–Crippen LogP) is 4.52. The minimum Gasteiger partial charge on any atom is -0.480 e. The summed E-state index contributed by atoms with van der Waals surface area (Å²) in [5, 5.41) is 11.5. The summed E-state index contributed by atoms with van der Waals surface area (Å²) in [5.74, 6) is -1.74. The van der Waals surface area contributed by atoms with E-state index in [9.17, 15) is 36.7 Å². The van der Waals surface area contributed by atoms with Crippen LogP contribution >= 0.6 is 0 Å². The van der Waals surface area contributed by atoms with Crippen LogP contribution in [-0.2, 0) is 28.8 Å². The molecule has 0 radical (unpaired) electrons. The first-order valence-electron chi connectivity index (χ1n) is 14.4. The van der Waals surface area contributed by atoms with Gasteiger partial charge in [0.2, 0.25) is 0 Å². The summed E-state index contributed by atoms with van der Waals surface area (Å²) in [6.45, 7) is 5.43. The number of anilines is 1. The molecule has 0 aliphatic carbocycles. The number of carbonyl (C=O) groups excluding carboxylic acids is 2. The second-order valence-corrected chi connectivity index (χ2v) is 12.2. The number of alkyl carbamates (subject to hydrolysis) is 1. The normalized spacial score (nSPS) is 17.1. The van der Waals surface area contributed by atoms with E-state index in [1.54, 1.807) is 32.9 Å². The molecule has 1 aliphatic rings. The predicted molar refractivity (Wildman–Crippen MR) is 161 cm³/mol. The molecule has 46 heavy (non-hydrogen) atoms. The summed E-state index contributed by atoms with van der Waals surface area (Å²) in [6, 6.07) is 6.98. The van der Waals surface area contributed by atoms with Crippen LogP contribution in [-0.4, -0.2) is 75.5 Å². The molecule has 2 atom stereocenters. The molecular formula is C31H35F4N5O6. The number of alkyl halides is 4. The van der Waals surface area contributed by atoms with Gasteiger partial charge in [0, 0.05) is 37.9 Å². The number of hydrogen-bond acceptors (Lipinski definition) is 7. The van der Waals surface area contributed by atoms with Crippen molar-refractivity contribution in [2.75, 3.05) is 25.0 Å². The summed E-state index contributed by atoms with van der Waals surface area (Å²) < 4.78 is 62.9. The fraction of sp³-hybridized carbons (Fsp3) is 0.452. The van der Waals surface area contributed by atoms with Crippen molar-refractivity contribution in [2.45, 2.75) is 71.2 Å². The molecule has 2 amide bonds. The third kappa shape index (κ3) is 7.93. The molecule has 1 aromatic heterocycles. The lowest BCUT2D eigenvalue weighted by molar-refractivity contribution is -0.138. The quantitative estimate of drug-likeness (QED) is 0.357. The highest BCUT2D eigenvalue weighted by molar-refractivity contribution is 5.94. The van der Waals surface area contributed by atoms with Crippen LogP contribution in [0.5, 0.6) is 0 Å². The highest BCUT2D eigenvalue weighted by atomic mass is 19.4. The molecule has 248 valence electrons. The first-order valence-corrected chi connectivity index (χ1v) is 14.4. The second-order valence-electron chi connectivity index (χ2n) is 12.2. The molecule has 2 heterocycles. The Bertz CT molecular complexity index is 1700. The van der Waals surface area contributed by atoms with Crippen molar-refractivity contribution in [3.8, 4) is 0 Å². The molecule has 1 saturated heterocycles. The van der Waals surface area contributed by atoms with Crippen molar-refractivity contribution < 1.29 is 41.8 Å². The van der Waals surface area contributed by atoms with Gasteiger partial charge < -0.3 is 25.0 Å². The van der Waals surface area contributed by atoms with E-state index in [1.165, 1.54) is 35.9 Å². The summed E-state index contributed by atoms with van der Waals surface area (Å²) in [6.07, 6.45) is -6.92. The highest BCUT2D eigenvalue weighted by Gasteiger charge is 2.36. The number of ether oxygens (including phenoxy) is 1. The number of aryl methyl sites for hydroxylation is 1. The van der Waals surface area contributed by atoms with Crippen molar-refractivity contribution in [3.05, 3.63) is 69.3 Å². The molecule has 15 heteroatoms. The summed E-state index contributed by atoms with van der Waals surface area (Å²) in [4.78, 5) is 56.6. The van der Waals surface area contributed by atoms with E-state index in [2.05, 4.69) is 10.3 Å². The number of benzene rings is 2. The van der Waals surface area contributed by atoms with Crippen LogP contribution < -0.4 is 15.8 Å². The van der Waals surface area contributed by atoms with E-state index in [-0.39, 0.29) is 53.9 Å². The number of nitrogens with one attached hydrogen (secondary N) is 1. The first-order chi connectivity index (χ1) is 21.3. The van der Waals surface area contributed by atoms with Crippen LogP contribution in [0.15, 0.2) is 41.2 Å². The molecule has 11 nitrogen and oxygen atoms in total.